The lowest BCUT2D eigenvalue weighted by Gasteiger charge is -2.20. The molecule has 3 aromatic rings. The summed E-state index contributed by atoms with van der Waals surface area (Å²) in [7, 11) is -3.61. The maximum absolute atomic E-state index is 14.2. The number of hydrogen-bond donors (Lipinski definition) is 2. The number of aryl methyl sites for hydroxylation is 1. The molecule has 2 atom stereocenters. The predicted octanol–water partition coefficient (Wildman–Crippen LogP) is 2.33. The van der Waals surface area contributed by atoms with Crippen LogP contribution in [0.3, 0.4) is 0 Å². The number of hydrogen-bond acceptors (Lipinski definition) is 10. The molecule has 11 nitrogen and oxygen atoms in total. The zero-order valence-electron chi connectivity index (χ0n) is 19.6. The Balaban J connectivity index is 1.63. The molecular weight excluding hydrogens is 513 g/mol. The topological polar surface area (TPSA) is 154 Å². The number of esters is 1. The Kier molecular flexibility index (Phi) is 7.11. The number of sulfonamides is 1. The maximum Gasteiger partial charge on any atom is 0.302 e. The van der Waals surface area contributed by atoms with Crippen LogP contribution in [0.15, 0.2) is 24.5 Å². The van der Waals surface area contributed by atoms with Crippen molar-refractivity contribution in [1.29, 1.82) is 0 Å². The van der Waals surface area contributed by atoms with Crippen LogP contribution in [0.4, 0.5) is 15.9 Å². The highest BCUT2D eigenvalue weighted by molar-refractivity contribution is 7.88. The summed E-state index contributed by atoms with van der Waals surface area (Å²) in [5.41, 5.74) is 6.46. The van der Waals surface area contributed by atoms with Crippen LogP contribution in [0.25, 0.3) is 10.2 Å². The van der Waals surface area contributed by atoms with E-state index in [-0.39, 0.29) is 25.3 Å². The van der Waals surface area contributed by atoms with Gasteiger partial charge in [-0.15, -0.1) is 11.3 Å². The van der Waals surface area contributed by atoms with Crippen LogP contribution in [-0.2, 0) is 19.6 Å². The molecule has 1 aliphatic heterocycles. The van der Waals surface area contributed by atoms with E-state index in [4.69, 9.17) is 15.2 Å². The number of thiophene rings is 1. The molecule has 14 heteroatoms. The highest BCUT2D eigenvalue weighted by Gasteiger charge is 2.39. The zero-order chi connectivity index (χ0) is 26.2. The van der Waals surface area contributed by atoms with Gasteiger partial charge in [-0.05, 0) is 24.6 Å². The summed E-state index contributed by atoms with van der Waals surface area (Å²) in [5.74, 6) is -1.15. The van der Waals surface area contributed by atoms with Gasteiger partial charge in [-0.3, -0.25) is 9.59 Å². The first-order chi connectivity index (χ1) is 16.9. The number of ether oxygens (including phenoxy) is 2. The molecule has 36 heavy (non-hydrogen) atoms. The van der Waals surface area contributed by atoms with Crippen LogP contribution in [-0.4, -0.2) is 66.1 Å². The van der Waals surface area contributed by atoms with Crippen LogP contribution in [0.5, 0.6) is 5.75 Å². The van der Waals surface area contributed by atoms with Crippen molar-refractivity contribution in [2.24, 2.45) is 5.73 Å². The molecule has 4 rings (SSSR count). The molecule has 0 spiro atoms. The fourth-order valence-corrected chi connectivity index (χ4v) is 6.23. The minimum atomic E-state index is -3.61. The molecule has 1 amide bonds. The molecular formula is C22H24FN5O6S2. The van der Waals surface area contributed by atoms with Crippen LogP contribution >= 0.6 is 11.3 Å². The number of primary amides is 1. The van der Waals surface area contributed by atoms with Crippen molar-refractivity contribution in [3.05, 3.63) is 40.8 Å². The predicted molar refractivity (Wildman–Crippen MR) is 131 cm³/mol. The molecule has 0 saturated carbocycles. The number of aromatic nitrogens is 2. The lowest BCUT2D eigenvalue weighted by atomic mass is 10.2. The van der Waals surface area contributed by atoms with Gasteiger partial charge in [0.05, 0.1) is 34.8 Å². The molecule has 2 aromatic heterocycles. The van der Waals surface area contributed by atoms with Crippen molar-refractivity contribution in [3.63, 3.8) is 0 Å². The number of rotatable bonds is 8. The Labute approximate surface area is 210 Å². The van der Waals surface area contributed by atoms with Gasteiger partial charge in [-0.25, -0.2) is 22.8 Å². The summed E-state index contributed by atoms with van der Waals surface area (Å²) in [6.07, 6.45) is 2.00. The third-order valence-electron chi connectivity index (χ3n) is 5.67. The first-order valence-corrected chi connectivity index (χ1v) is 13.5. The molecule has 0 radical (unpaired) electrons. The largest absolute Gasteiger partial charge is 0.487 e. The van der Waals surface area contributed by atoms with Crippen LogP contribution < -0.4 is 15.8 Å². The smallest absolute Gasteiger partial charge is 0.302 e. The third-order valence-corrected chi connectivity index (χ3v) is 8.19. The van der Waals surface area contributed by atoms with E-state index in [0.29, 0.717) is 32.2 Å². The Morgan fingerprint density at radius 3 is 2.75 bits per heavy atom. The van der Waals surface area contributed by atoms with Gasteiger partial charge in [-0.1, -0.05) is 0 Å². The van der Waals surface area contributed by atoms with Gasteiger partial charge in [0, 0.05) is 19.4 Å². The lowest BCUT2D eigenvalue weighted by Crippen LogP contribution is -2.38. The van der Waals surface area contributed by atoms with Gasteiger partial charge in [-0.2, -0.15) is 4.31 Å². The van der Waals surface area contributed by atoms with Crippen molar-refractivity contribution in [2.45, 2.75) is 32.4 Å². The second-order valence-corrected chi connectivity index (χ2v) is 11.3. The van der Waals surface area contributed by atoms with E-state index in [2.05, 4.69) is 15.3 Å². The number of amides is 1. The molecule has 1 aromatic carbocycles. The minimum absolute atomic E-state index is 0.00405. The summed E-state index contributed by atoms with van der Waals surface area (Å²) < 4.78 is 51.0. The molecule has 3 heterocycles. The molecule has 1 saturated heterocycles. The summed E-state index contributed by atoms with van der Waals surface area (Å²) >= 11 is 1.14. The number of nitrogens with two attached hydrogens (primary N) is 1. The van der Waals surface area contributed by atoms with Gasteiger partial charge >= 0.3 is 5.97 Å². The Hall–Kier alpha value is -3.36. The summed E-state index contributed by atoms with van der Waals surface area (Å²) in [6.45, 7) is 2.86. The standard InChI is InChI=1S/C22H24FN5O6S2/c1-11-18-21(25-10-26-22(18)35-19(11)20(24)30)27-16-5-4-13(23)6-17(16)34-15-7-14(9-33-12(2)29)28(8-15)36(3,31)32/h4-6,10,14-15H,7-9H2,1-3H3,(H2,24,30)(H,25,26,27)/t14-,15-/m0/s1. The Morgan fingerprint density at radius 1 is 1.33 bits per heavy atom. The SMILES string of the molecule is CC(=O)OC[C@@H]1C[C@H](Oc2cc(F)ccc2Nc2ncnc3sc(C(N)=O)c(C)c23)CN1S(C)(=O)=O. The molecule has 0 aliphatic carbocycles. The number of nitrogens with one attached hydrogen (secondary N) is 1. The number of benzene rings is 1. The highest BCUT2D eigenvalue weighted by Crippen LogP contribution is 2.37. The maximum atomic E-state index is 14.2. The summed E-state index contributed by atoms with van der Waals surface area (Å²) in [4.78, 5) is 32.4. The number of fused-ring (bicyclic) bond motifs is 1. The van der Waals surface area contributed by atoms with E-state index in [0.717, 1.165) is 17.6 Å². The fourth-order valence-electron chi connectivity index (χ4n) is 4.11. The Bertz CT molecular complexity index is 1440. The second kappa shape index (κ2) is 9.95. The number of carbonyl (C=O) groups is 2. The van der Waals surface area contributed by atoms with E-state index in [1.165, 1.54) is 35.8 Å². The number of anilines is 2. The summed E-state index contributed by atoms with van der Waals surface area (Å²) in [6, 6.07) is 3.28. The van der Waals surface area contributed by atoms with E-state index < -0.39 is 39.9 Å². The van der Waals surface area contributed by atoms with Gasteiger partial charge in [0.25, 0.3) is 5.91 Å². The Morgan fingerprint density at radius 2 is 2.08 bits per heavy atom. The number of nitrogens with zero attached hydrogens (tertiary/aromatic N) is 3. The molecule has 3 N–H and O–H groups in total. The van der Waals surface area contributed by atoms with E-state index in [9.17, 15) is 22.4 Å². The monoisotopic (exact) mass is 537 g/mol. The number of carbonyl (C=O) groups excluding carboxylic acids is 2. The first kappa shape index (κ1) is 25.7. The highest BCUT2D eigenvalue weighted by atomic mass is 32.2. The average molecular weight is 538 g/mol. The van der Waals surface area contributed by atoms with Gasteiger partial charge in [0.1, 0.15) is 41.3 Å². The average Bonchev–Trinajstić information content (AvgIpc) is 3.36. The van der Waals surface area contributed by atoms with E-state index in [1.54, 1.807) is 6.92 Å². The first-order valence-electron chi connectivity index (χ1n) is 10.8. The lowest BCUT2D eigenvalue weighted by molar-refractivity contribution is -0.142. The van der Waals surface area contributed by atoms with Crippen molar-refractivity contribution in [1.82, 2.24) is 14.3 Å². The molecule has 0 unspecified atom stereocenters. The molecule has 1 aliphatic rings. The van der Waals surface area contributed by atoms with E-state index in [1.807, 2.05) is 0 Å². The summed E-state index contributed by atoms with van der Waals surface area (Å²) in [5, 5.41) is 3.71. The number of halogens is 1. The van der Waals surface area contributed by atoms with Crippen molar-refractivity contribution in [2.75, 3.05) is 24.7 Å². The zero-order valence-corrected chi connectivity index (χ0v) is 21.3. The van der Waals surface area contributed by atoms with Gasteiger partial charge in [0.15, 0.2) is 0 Å². The second-order valence-electron chi connectivity index (χ2n) is 8.35. The van der Waals surface area contributed by atoms with Crippen LogP contribution in [0.2, 0.25) is 0 Å². The molecule has 0 bridgehead atoms. The van der Waals surface area contributed by atoms with E-state index >= 15 is 0 Å². The minimum Gasteiger partial charge on any atom is -0.487 e. The third kappa shape index (κ3) is 5.39. The van der Waals surface area contributed by atoms with Gasteiger partial charge in [0.2, 0.25) is 10.0 Å². The normalized spacial score (nSPS) is 18.3. The fraction of sp³-hybridized carbons (Fsp3) is 0.364. The molecule has 192 valence electrons. The van der Waals surface area contributed by atoms with Crippen molar-refractivity contribution >= 4 is 55.0 Å². The van der Waals surface area contributed by atoms with Gasteiger partial charge < -0.3 is 20.5 Å². The van der Waals surface area contributed by atoms with Crippen molar-refractivity contribution in [3.8, 4) is 5.75 Å². The van der Waals surface area contributed by atoms with Crippen LogP contribution in [0.1, 0.15) is 28.6 Å². The molecule has 1 fully saturated rings. The van der Waals surface area contributed by atoms with Crippen LogP contribution in [0, 0.1) is 12.7 Å². The quantitative estimate of drug-likeness (QED) is 0.412. The van der Waals surface area contributed by atoms with Crippen molar-refractivity contribution < 1.29 is 31.9 Å².